The Morgan fingerprint density at radius 1 is 1.30 bits per heavy atom. The van der Waals surface area contributed by atoms with Crippen LogP contribution in [0.25, 0.3) is 27.7 Å². The highest BCUT2D eigenvalue weighted by molar-refractivity contribution is 5.94. The van der Waals surface area contributed by atoms with E-state index >= 15 is 0 Å². The second-order valence-electron chi connectivity index (χ2n) is 4.60. The van der Waals surface area contributed by atoms with Crippen molar-refractivity contribution < 1.29 is 4.39 Å². The number of nitrogen functional groups attached to an aromatic ring is 1. The summed E-state index contributed by atoms with van der Waals surface area (Å²) in [5.74, 6) is -0.369. The summed E-state index contributed by atoms with van der Waals surface area (Å²) in [4.78, 5) is 7.04. The van der Waals surface area contributed by atoms with Gasteiger partial charge in [0.25, 0.3) is 0 Å². The van der Waals surface area contributed by atoms with Gasteiger partial charge < -0.3 is 10.7 Å². The largest absolute Gasteiger partial charge is 0.397 e. The lowest BCUT2D eigenvalue weighted by Crippen LogP contribution is -1.94. The summed E-state index contributed by atoms with van der Waals surface area (Å²) in [6.07, 6.45) is 6.53. The Balaban J connectivity index is 2.03. The number of H-pyrrole nitrogens is 1. The SMILES string of the molecule is Nc1cc(-c2c[nH]c3ncc(F)cc23)cn2nccc12. The van der Waals surface area contributed by atoms with Crippen molar-refractivity contribution in [2.24, 2.45) is 0 Å². The number of hydrogen-bond acceptors (Lipinski definition) is 3. The van der Waals surface area contributed by atoms with Gasteiger partial charge in [-0.2, -0.15) is 5.10 Å². The predicted molar refractivity (Wildman–Crippen MR) is 74.7 cm³/mol. The molecule has 0 unspecified atom stereocenters. The van der Waals surface area contributed by atoms with Gasteiger partial charge in [0.05, 0.1) is 23.6 Å². The molecule has 20 heavy (non-hydrogen) atoms. The van der Waals surface area contributed by atoms with E-state index in [0.29, 0.717) is 11.3 Å². The molecule has 0 fully saturated rings. The van der Waals surface area contributed by atoms with Gasteiger partial charge in [-0.15, -0.1) is 0 Å². The number of pyridine rings is 2. The molecule has 4 aromatic rings. The molecule has 6 heteroatoms. The molecule has 0 aliphatic heterocycles. The molecule has 4 aromatic heterocycles. The molecule has 0 amide bonds. The normalized spacial score (nSPS) is 11.4. The highest BCUT2D eigenvalue weighted by Gasteiger charge is 2.10. The summed E-state index contributed by atoms with van der Waals surface area (Å²) < 4.78 is 15.1. The smallest absolute Gasteiger partial charge is 0.142 e. The molecule has 0 aromatic carbocycles. The Kier molecular flexibility index (Phi) is 2.09. The topological polar surface area (TPSA) is 72.0 Å². The lowest BCUT2D eigenvalue weighted by Gasteiger charge is -2.04. The standard InChI is InChI=1S/C14H10FN5/c15-9-4-10-11(6-18-14(10)17-5-9)8-3-12(16)13-1-2-19-20(13)7-8/h1-7H,16H2,(H,17,18). The predicted octanol–water partition coefficient (Wildman–Crippen LogP) is 2.60. The van der Waals surface area contributed by atoms with E-state index in [9.17, 15) is 4.39 Å². The first-order chi connectivity index (χ1) is 9.72. The van der Waals surface area contributed by atoms with Crippen LogP contribution < -0.4 is 5.73 Å². The summed E-state index contributed by atoms with van der Waals surface area (Å²) in [5.41, 5.74) is 9.83. The fourth-order valence-corrected chi connectivity index (χ4v) is 2.42. The van der Waals surface area contributed by atoms with Crippen molar-refractivity contribution in [3.8, 4) is 11.1 Å². The number of nitrogens with zero attached hydrogens (tertiary/aromatic N) is 3. The van der Waals surface area contributed by atoms with Crippen LogP contribution in [0.4, 0.5) is 10.1 Å². The van der Waals surface area contributed by atoms with Crippen LogP contribution >= 0.6 is 0 Å². The van der Waals surface area contributed by atoms with Crippen LogP contribution in [-0.4, -0.2) is 19.6 Å². The summed E-state index contributed by atoms with van der Waals surface area (Å²) in [6, 6.07) is 5.15. The average molecular weight is 267 g/mol. The molecule has 0 aliphatic carbocycles. The first kappa shape index (κ1) is 11.0. The van der Waals surface area contributed by atoms with Crippen LogP contribution in [0.15, 0.2) is 43.0 Å². The van der Waals surface area contributed by atoms with Gasteiger partial charge in [0.15, 0.2) is 0 Å². The summed E-state index contributed by atoms with van der Waals surface area (Å²) >= 11 is 0. The number of nitrogens with two attached hydrogens (primary N) is 1. The maximum Gasteiger partial charge on any atom is 0.142 e. The first-order valence-corrected chi connectivity index (χ1v) is 6.08. The second kappa shape index (κ2) is 3.80. The van der Waals surface area contributed by atoms with Gasteiger partial charge in [-0.25, -0.2) is 13.9 Å². The Morgan fingerprint density at radius 2 is 2.20 bits per heavy atom. The zero-order chi connectivity index (χ0) is 13.7. The Hall–Kier alpha value is -2.89. The van der Waals surface area contributed by atoms with E-state index in [-0.39, 0.29) is 5.82 Å². The van der Waals surface area contributed by atoms with Crippen molar-refractivity contribution >= 4 is 22.2 Å². The van der Waals surface area contributed by atoms with Crippen LogP contribution in [0, 0.1) is 5.82 Å². The van der Waals surface area contributed by atoms with Crippen molar-refractivity contribution in [3.63, 3.8) is 0 Å². The number of fused-ring (bicyclic) bond motifs is 2. The molecule has 98 valence electrons. The monoisotopic (exact) mass is 267 g/mol. The van der Waals surface area contributed by atoms with Crippen LogP contribution in [0.2, 0.25) is 0 Å². The molecule has 5 nitrogen and oxygen atoms in total. The lowest BCUT2D eigenvalue weighted by molar-refractivity contribution is 0.624. The molecule has 0 saturated carbocycles. The van der Waals surface area contributed by atoms with Gasteiger partial charge in [0, 0.05) is 28.9 Å². The van der Waals surface area contributed by atoms with Crippen molar-refractivity contribution in [1.82, 2.24) is 19.6 Å². The third-order valence-corrected chi connectivity index (χ3v) is 3.35. The first-order valence-electron chi connectivity index (χ1n) is 6.08. The third kappa shape index (κ3) is 1.48. The molecule has 4 heterocycles. The summed E-state index contributed by atoms with van der Waals surface area (Å²) in [6.45, 7) is 0. The minimum atomic E-state index is -0.369. The van der Waals surface area contributed by atoms with Crippen LogP contribution in [0.1, 0.15) is 0 Å². The van der Waals surface area contributed by atoms with Crippen LogP contribution in [0.5, 0.6) is 0 Å². The molecular formula is C14H10FN5. The van der Waals surface area contributed by atoms with E-state index < -0.39 is 0 Å². The van der Waals surface area contributed by atoms with Crippen LogP contribution in [-0.2, 0) is 0 Å². The number of rotatable bonds is 1. The van der Waals surface area contributed by atoms with Gasteiger partial charge in [0.1, 0.15) is 11.5 Å². The van der Waals surface area contributed by atoms with Crippen molar-refractivity contribution in [2.75, 3.05) is 5.73 Å². The van der Waals surface area contributed by atoms with E-state index in [1.165, 1.54) is 12.3 Å². The zero-order valence-electron chi connectivity index (χ0n) is 10.3. The van der Waals surface area contributed by atoms with Gasteiger partial charge >= 0.3 is 0 Å². The number of halogens is 1. The molecule has 0 saturated heterocycles. The number of hydrogen-bond donors (Lipinski definition) is 2. The maximum atomic E-state index is 13.4. The Bertz CT molecular complexity index is 937. The maximum absolute atomic E-state index is 13.4. The molecule has 0 spiro atoms. The highest BCUT2D eigenvalue weighted by atomic mass is 19.1. The minimum absolute atomic E-state index is 0.369. The van der Waals surface area contributed by atoms with Gasteiger partial charge in [-0.1, -0.05) is 0 Å². The summed E-state index contributed by atoms with van der Waals surface area (Å²) in [7, 11) is 0. The number of nitrogens with one attached hydrogen (secondary N) is 1. The van der Waals surface area contributed by atoms with E-state index in [0.717, 1.165) is 22.0 Å². The summed E-state index contributed by atoms with van der Waals surface area (Å²) in [5, 5.41) is 4.90. The van der Waals surface area contributed by atoms with Gasteiger partial charge in [-0.05, 0) is 18.2 Å². The molecule has 0 atom stereocenters. The molecule has 4 rings (SSSR count). The second-order valence-corrected chi connectivity index (χ2v) is 4.60. The van der Waals surface area contributed by atoms with E-state index in [1.54, 1.807) is 16.9 Å². The van der Waals surface area contributed by atoms with E-state index in [2.05, 4.69) is 15.1 Å². The van der Waals surface area contributed by atoms with Crippen LogP contribution in [0.3, 0.4) is 0 Å². The highest BCUT2D eigenvalue weighted by Crippen LogP contribution is 2.30. The quantitative estimate of drug-likeness (QED) is 0.557. The fraction of sp³-hybridized carbons (Fsp3) is 0. The Labute approximate surface area is 112 Å². The minimum Gasteiger partial charge on any atom is -0.397 e. The van der Waals surface area contributed by atoms with Gasteiger partial charge in [-0.3, -0.25) is 0 Å². The molecular weight excluding hydrogens is 257 g/mol. The molecule has 3 N–H and O–H groups in total. The molecule has 0 radical (unpaired) electrons. The van der Waals surface area contributed by atoms with Gasteiger partial charge in [0.2, 0.25) is 0 Å². The van der Waals surface area contributed by atoms with Crippen molar-refractivity contribution in [3.05, 3.63) is 48.8 Å². The van der Waals surface area contributed by atoms with Crippen molar-refractivity contribution in [2.45, 2.75) is 0 Å². The zero-order valence-corrected chi connectivity index (χ0v) is 10.3. The number of aromatic nitrogens is 4. The number of anilines is 1. The fourth-order valence-electron chi connectivity index (χ4n) is 2.42. The van der Waals surface area contributed by atoms with E-state index in [4.69, 9.17) is 5.73 Å². The van der Waals surface area contributed by atoms with E-state index in [1.807, 2.05) is 18.3 Å². The lowest BCUT2D eigenvalue weighted by atomic mass is 10.1. The molecule has 0 bridgehead atoms. The Morgan fingerprint density at radius 3 is 3.10 bits per heavy atom. The van der Waals surface area contributed by atoms with Crippen molar-refractivity contribution in [1.29, 1.82) is 0 Å². The third-order valence-electron chi connectivity index (χ3n) is 3.35. The number of aromatic amines is 1. The molecule has 0 aliphatic rings. The average Bonchev–Trinajstić information content (AvgIpc) is 3.04.